The van der Waals surface area contributed by atoms with Crippen molar-refractivity contribution in [2.24, 2.45) is 5.92 Å². The number of aromatic nitrogens is 4. The number of benzene rings is 1. The molecule has 9 N–H and O–H groups in total. The molecule has 0 aliphatic heterocycles. The van der Waals surface area contributed by atoms with Gasteiger partial charge in [0, 0.05) is 37.0 Å². The Morgan fingerprint density at radius 2 is 1.67 bits per heavy atom. The number of anilines is 3. The number of aliphatic carboxylic acids is 3. The Morgan fingerprint density at radius 3 is 2.28 bits per heavy atom. The van der Waals surface area contributed by atoms with E-state index in [2.05, 4.69) is 25.3 Å². The first-order valence-electron chi connectivity index (χ1n) is 12.8. The molecule has 0 saturated heterocycles. The number of carboxylic acid groups (broad SMARTS) is 3. The minimum atomic E-state index is -4.16. The SMILES string of the molecule is CN(Cc1cnc2nc(N)nc(N)c2n1)c1ccc(C(=O)NC(CCP(=O)(O)CC(CCC(=O)O)C(=O)O)C(=O)O)cc1. The highest BCUT2D eigenvalue weighted by molar-refractivity contribution is 7.58. The number of nitrogens with zero attached hydrogens (tertiary/aromatic N) is 5. The number of carboxylic acids is 3. The summed E-state index contributed by atoms with van der Waals surface area (Å²) >= 11 is 0. The van der Waals surface area contributed by atoms with Crippen molar-refractivity contribution < 1.29 is 44.0 Å². The number of nitrogens with two attached hydrogens (primary N) is 2. The molecule has 3 aromatic rings. The monoisotopic (exact) mass is 618 g/mol. The lowest BCUT2D eigenvalue weighted by Gasteiger charge is -2.20. The molecular weight excluding hydrogens is 587 g/mol. The second-order valence-electron chi connectivity index (χ2n) is 9.78. The number of amides is 1. The standard InChI is InChI=1S/C25H31N8O9P/c1-33(11-15-10-28-21-19(29-15)20(26)31-25(27)32-21)16-5-2-13(3-6-16)22(36)30-17(24(39)40)8-9-43(41,42)12-14(23(37)38)4-7-18(34)35/h2-3,5-6,10,14,17H,4,7-9,11-12H2,1H3,(H,30,36)(H,34,35)(H,37,38)(H,39,40)(H,41,42)(H4,26,27,28,31,32). The quantitative estimate of drug-likeness (QED) is 0.115. The second-order valence-corrected chi connectivity index (χ2v) is 12.3. The molecule has 0 fully saturated rings. The van der Waals surface area contributed by atoms with E-state index in [1.807, 2.05) is 4.90 Å². The van der Waals surface area contributed by atoms with E-state index in [9.17, 15) is 38.8 Å². The lowest BCUT2D eigenvalue weighted by molar-refractivity contribution is -0.142. The molecule has 1 aromatic carbocycles. The first-order valence-corrected chi connectivity index (χ1v) is 14.8. The summed E-state index contributed by atoms with van der Waals surface area (Å²) in [6.45, 7) is 0.305. The minimum Gasteiger partial charge on any atom is -0.481 e. The van der Waals surface area contributed by atoms with Crippen molar-refractivity contribution in [3.05, 3.63) is 41.7 Å². The van der Waals surface area contributed by atoms with Crippen LogP contribution in [0.2, 0.25) is 0 Å². The Hall–Kier alpha value is -4.89. The molecular formula is C25H31N8O9P. The Bertz CT molecular complexity index is 1570. The molecule has 0 spiro atoms. The zero-order valence-electron chi connectivity index (χ0n) is 23.0. The van der Waals surface area contributed by atoms with Crippen molar-refractivity contribution in [2.45, 2.75) is 31.8 Å². The molecule has 3 unspecified atom stereocenters. The Balaban J connectivity index is 1.60. The average molecular weight is 619 g/mol. The Kier molecular flexibility index (Phi) is 10.5. The number of hydrogen-bond acceptors (Lipinski definition) is 12. The van der Waals surface area contributed by atoms with Crippen LogP contribution in [0.5, 0.6) is 0 Å². The van der Waals surface area contributed by atoms with E-state index in [0.29, 0.717) is 23.4 Å². The summed E-state index contributed by atoms with van der Waals surface area (Å²) in [7, 11) is -2.39. The molecule has 3 atom stereocenters. The smallest absolute Gasteiger partial charge is 0.326 e. The van der Waals surface area contributed by atoms with E-state index in [0.717, 1.165) is 0 Å². The van der Waals surface area contributed by atoms with Crippen LogP contribution >= 0.6 is 7.37 Å². The van der Waals surface area contributed by atoms with Crippen LogP contribution in [-0.4, -0.2) is 89.4 Å². The third-order valence-corrected chi connectivity index (χ3v) is 8.37. The van der Waals surface area contributed by atoms with E-state index in [1.54, 1.807) is 19.2 Å². The van der Waals surface area contributed by atoms with Gasteiger partial charge in [-0.1, -0.05) is 0 Å². The van der Waals surface area contributed by atoms with Crippen LogP contribution in [0.15, 0.2) is 30.5 Å². The fourth-order valence-electron chi connectivity index (χ4n) is 4.12. The number of hydrogen-bond donors (Lipinski definition) is 7. The number of nitrogens with one attached hydrogen (secondary N) is 1. The zero-order chi connectivity index (χ0) is 31.9. The number of rotatable bonds is 15. The molecule has 17 nitrogen and oxygen atoms in total. The first kappa shape index (κ1) is 32.6. The summed E-state index contributed by atoms with van der Waals surface area (Å²) in [6.07, 6.45) is -1.09. The van der Waals surface area contributed by atoms with Crippen LogP contribution in [0.4, 0.5) is 17.5 Å². The molecule has 0 radical (unpaired) electrons. The number of fused-ring (bicyclic) bond motifs is 1. The lowest BCUT2D eigenvalue weighted by Crippen LogP contribution is -2.41. The van der Waals surface area contributed by atoms with Gasteiger partial charge in [0.25, 0.3) is 5.91 Å². The van der Waals surface area contributed by atoms with Gasteiger partial charge in [0.05, 0.1) is 24.4 Å². The van der Waals surface area contributed by atoms with Crippen molar-refractivity contribution >= 4 is 59.8 Å². The summed E-state index contributed by atoms with van der Waals surface area (Å²) in [5.41, 5.74) is 13.4. The lowest BCUT2D eigenvalue weighted by atomic mass is 10.1. The van der Waals surface area contributed by atoms with Crippen molar-refractivity contribution in [1.29, 1.82) is 0 Å². The molecule has 3 rings (SSSR count). The third-order valence-electron chi connectivity index (χ3n) is 6.40. The molecule has 1 amide bonds. The number of nitrogen functional groups attached to an aromatic ring is 2. The van der Waals surface area contributed by atoms with Gasteiger partial charge in [-0.3, -0.25) is 18.9 Å². The second kappa shape index (κ2) is 13.8. The predicted octanol–water partition coefficient (Wildman–Crippen LogP) is 0.630. The van der Waals surface area contributed by atoms with Crippen LogP contribution in [0, 0.1) is 5.92 Å². The maximum absolute atomic E-state index is 12.7. The maximum Gasteiger partial charge on any atom is 0.326 e. The molecule has 2 heterocycles. The van der Waals surface area contributed by atoms with E-state index in [4.69, 9.17) is 16.6 Å². The summed E-state index contributed by atoms with van der Waals surface area (Å²) in [5, 5.41) is 29.9. The molecule has 0 saturated carbocycles. The summed E-state index contributed by atoms with van der Waals surface area (Å²) in [5.74, 6) is -6.18. The molecule has 230 valence electrons. The summed E-state index contributed by atoms with van der Waals surface area (Å²) in [6, 6.07) is 4.66. The van der Waals surface area contributed by atoms with Gasteiger partial charge in [-0.15, -0.1) is 0 Å². The van der Waals surface area contributed by atoms with Gasteiger partial charge in [0.2, 0.25) is 13.3 Å². The van der Waals surface area contributed by atoms with Crippen LogP contribution in [0.25, 0.3) is 11.2 Å². The highest BCUT2D eigenvalue weighted by Gasteiger charge is 2.31. The van der Waals surface area contributed by atoms with Gasteiger partial charge in [-0.05, 0) is 37.1 Å². The number of carbonyl (C=O) groups excluding carboxylic acids is 1. The fraction of sp³-hybridized carbons (Fsp3) is 0.360. The van der Waals surface area contributed by atoms with Crippen LogP contribution in [-0.2, 0) is 25.5 Å². The Morgan fingerprint density at radius 1 is 1.00 bits per heavy atom. The molecule has 0 aliphatic carbocycles. The van der Waals surface area contributed by atoms with Crippen molar-refractivity contribution in [1.82, 2.24) is 25.3 Å². The normalized spacial score (nSPS) is 13.9. The molecule has 18 heteroatoms. The first-order chi connectivity index (χ1) is 20.1. The van der Waals surface area contributed by atoms with Gasteiger partial charge in [-0.25, -0.2) is 14.8 Å². The summed E-state index contributed by atoms with van der Waals surface area (Å²) in [4.78, 5) is 75.2. The van der Waals surface area contributed by atoms with Crippen molar-refractivity contribution in [3.63, 3.8) is 0 Å². The average Bonchev–Trinajstić information content (AvgIpc) is 2.93. The van der Waals surface area contributed by atoms with Crippen LogP contribution < -0.4 is 21.7 Å². The van der Waals surface area contributed by atoms with Crippen molar-refractivity contribution in [2.75, 3.05) is 35.7 Å². The van der Waals surface area contributed by atoms with Gasteiger partial charge >= 0.3 is 17.9 Å². The summed E-state index contributed by atoms with van der Waals surface area (Å²) < 4.78 is 12.6. The Labute approximate surface area is 244 Å². The van der Waals surface area contributed by atoms with E-state index >= 15 is 0 Å². The minimum absolute atomic E-state index is 0.0183. The van der Waals surface area contributed by atoms with E-state index in [-0.39, 0.29) is 29.4 Å². The topological polar surface area (TPSA) is 285 Å². The number of carbonyl (C=O) groups is 4. The molecule has 2 aromatic heterocycles. The highest BCUT2D eigenvalue weighted by atomic mass is 31.2. The highest BCUT2D eigenvalue weighted by Crippen LogP contribution is 2.44. The van der Waals surface area contributed by atoms with Gasteiger partial charge < -0.3 is 41.9 Å². The van der Waals surface area contributed by atoms with E-state index < -0.39 is 68.3 Å². The third kappa shape index (κ3) is 9.31. The maximum atomic E-state index is 12.7. The van der Waals surface area contributed by atoms with Crippen LogP contribution in [0.1, 0.15) is 35.3 Å². The fourth-order valence-corrected chi connectivity index (χ4v) is 5.99. The van der Waals surface area contributed by atoms with E-state index in [1.165, 1.54) is 18.3 Å². The van der Waals surface area contributed by atoms with Gasteiger partial charge in [0.15, 0.2) is 17.0 Å². The van der Waals surface area contributed by atoms with Crippen molar-refractivity contribution in [3.8, 4) is 0 Å². The largest absolute Gasteiger partial charge is 0.481 e. The molecule has 0 aliphatic rings. The van der Waals surface area contributed by atoms with Gasteiger partial charge in [0.1, 0.15) is 6.04 Å². The zero-order valence-corrected chi connectivity index (χ0v) is 23.8. The van der Waals surface area contributed by atoms with Crippen LogP contribution in [0.3, 0.4) is 0 Å². The molecule has 0 bridgehead atoms. The predicted molar refractivity (Wildman–Crippen MR) is 154 cm³/mol. The van der Waals surface area contributed by atoms with Gasteiger partial charge in [-0.2, -0.15) is 9.97 Å². The molecule has 43 heavy (non-hydrogen) atoms.